The lowest BCUT2D eigenvalue weighted by molar-refractivity contribution is 0.251. The van der Waals surface area contributed by atoms with Crippen molar-refractivity contribution in [2.75, 3.05) is 23.3 Å². The highest BCUT2D eigenvalue weighted by Crippen LogP contribution is 2.30. The smallest absolute Gasteiger partial charge is 0.319 e. The molecule has 0 unspecified atom stereocenters. The summed E-state index contributed by atoms with van der Waals surface area (Å²) in [7, 11) is 0. The Balaban J connectivity index is 1.31. The fourth-order valence-electron chi connectivity index (χ4n) is 3.52. The molecule has 1 aliphatic rings. The van der Waals surface area contributed by atoms with Gasteiger partial charge in [-0.25, -0.2) is 9.48 Å². The molecule has 3 aromatic rings. The van der Waals surface area contributed by atoms with E-state index in [9.17, 15) is 4.79 Å². The van der Waals surface area contributed by atoms with Crippen LogP contribution >= 0.6 is 11.6 Å². The second-order valence-corrected chi connectivity index (χ2v) is 7.55. The third-order valence-electron chi connectivity index (χ3n) is 5.06. The van der Waals surface area contributed by atoms with Crippen LogP contribution in [0.1, 0.15) is 24.8 Å². The lowest BCUT2D eigenvalue weighted by Crippen LogP contribution is -2.30. The van der Waals surface area contributed by atoms with Crippen molar-refractivity contribution in [1.82, 2.24) is 15.1 Å². The summed E-state index contributed by atoms with van der Waals surface area (Å²) in [6.45, 7) is 2.50. The maximum absolute atomic E-state index is 12.2. The summed E-state index contributed by atoms with van der Waals surface area (Å²) in [6, 6.07) is 15.2. The highest BCUT2D eigenvalue weighted by atomic mass is 35.5. The molecule has 2 N–H and O–H groups in total. The standard InChI is InChI=1S/C22H24ClN5O/c23-20-15-18(7-10-21(20)27-12-2-1-3-13-27)26-22(29)24-16-17-5-8-19(9-6-17)28-14-4-11-25-28/h4-11,14-15H,1-3,12-13,16H2,(H2,24,26,29). The molecule has 2 heterocycles. The molecule has 6 nitrogen and oxygen atoms in total. The average molecular weight is 410 g/mol. The SMILES string of the molecule is O=C(NCc1ccc(-n2cccn2)cc1)Nc1ccc(N2CCCCC2)c(Cl)c1. The fourth-order valence-corrected chi connectivity index (χ4v) is 3.82. The summed E-state index contributed by atoms with van der Waals surface area (Å²) in [5, 5.41) is 10.6. The largest absolute Gasteiger partial charge is 0.370 e. The first kappa shape index (κ1) is 19.3. The number of piperidine rings is 1. The molecule has 1 aromatic heterocycles. The van der Waals surface area contributed by atoms with Crippen LogP contribution < -0.4 is 15.5 Å². The second kappa shape index (κ2) is 9.01. The monoisotopic (exact) mass is 409 g/mol. The number of urea groups is 1. The number of hydrogen-bond acceptors (Lipinski definition) is 3. The van der Waals surface area contributed by atoms with Crippen LogP contribution in [0.5, 0.6) is 0 Å². The van der Waals surface area contributed by atoms with Crippen molar-refractivity contribution in [3.8, 4) is 5.69 Å². The Bertz CT molecular complexity index is 950. The van der Waals surface area contributed by atoms with Gasteiger partial charge in [0.05, 0.1) is 16.4 Å². The van der Waals surface area contributed by atoms with E-state index in [-0.39, 0.29) is 6.03 Å². The van der Waals surface area contributed by atoms with Gasteiger partial charge < -0.3 is 15.5 Å². The number of anilines is 2. The number of amides is 2. The van der Waals surface area contributed by atoms with Crippen molar-refractivity contribution >= 4 is 29.0 Å². The van der Waals surface area contributed by atoms with E-state index in [1.165, 1.54) is 19.3 Å². The van der Waals surface area contributed by atoms with Gasteiger partial charge in [-0.2, -0.15) is 5.10 Å². The van der Waals surface area contributed by atoms with Crippen LogP contribution in [0.4, 0.5) is 16.2 Å². The summed E-state index contributed by atoms with van der Waals surface area (Å²) < 4.78 is 1.79. The van der Waals surface area contributed by atoms with E-state index in [1.807, 2.05) is 54.7 Å². The average Bonchev–Trinajstić information content (AvgIpc) is 3.28. The Morgan fingerprint density at radius 1 is 1.07 bits per heavy atom. The molecule has 1 fully saturated rings. The lowest BCUT2D eigenvalue weighted by Gasteiger charge is -2.29. The molecule has 0 aliphatic carbocycles. The molecule has 0 saturated carbocycles. The van der Waals surface area contributed by atoms with Gasteiger partial charge in [-0.1, -0.05) is 23.7 Å². The zero-order valence-corrected chi connectivity index (χ0v) is 16.9. The molecule has 2 amide bonds. The van der Waals surface area contributed by atoms with Crippen molar-refractivity contribution in [1.29, 1.82) is 0 Å². The quantitative estimate of drug-likeness (QED) is 0.634. The number of carbonyl (C=O) groups is 1. The van der Waals surface area contributed by atoms with E-state index >= 15 is 0 Å². The van der Waals surface area contributed by atoms with Crippen LogP contribution in [0.2, 0.25) is 5.02 Å². The second-order valence-electron chi connectivity index (χ2n) is 7.14. The summed E-state index contributed by atoms with van der Waals surface area (Å²) in [4.78, 5) is 14.6. The molecule has 0 radical (unpaired) electrons. The van der Waals surface area contributed by atoms with Crippen molar-refractivity contribution < 1.29 is 4.79 Å². The van der Waals surface area contributed by atoms with Gasteiger partial charge in [-0.05, 0) is 61.2 Å². The Hall–Kier alpha value is -2.99. The maximum Gasteiger partial charge on any atom is 0.319 e. The zero-order valence-electron chi connectivity index (χ0n) is 16.1. The van der Waals surface area contributed by atoms with Crippen molar-refractivity contribution in [2.45, 2.75) is 25.8 Å². The van der Waals surface area contributed by atoms with Gasteiger partial charge in [0.1, 0.15) is 0 Å². The molecule has 0 atom stereocenters. The first-order chi connectivity index (χ1) is 14.2. The van der Waals surface area contributed by atoms with Crippen LogP contribution in [0, 0.1) is 0 Å². The number of benzene rings is 2. The number of halogens is 1. The van der Waals surface area contributed by atoms with Gasteiger partial charge in [0.2, 0.25) is 0 Å². The van der Waals surface area contributed by atoms with Crippen LogP contribution in [0.3, 0.4) is 0 Å². The van der Waals surface area contributed by atoms with Gasteiger partial charge in [0.15, 0.2) is 0 Å². The minimum absolute atomic E-state index is 0.261. The minimum atomic E-state index is -0.261. The number of hydrogen-bond donors (Lipinski definition) is 2. The van der Waals surface area contributed by atoms with Crippen molar-refractivity contribution in [3.05, 3.63) is 71.5 Å². The molecule has 0 spiro atoms. The van der Waals surface area contributed by atoms with Gasteiger partial charge in [0, 0.05) is 37.7 Å². The van der Waals surface area contributed by atoms with E-state index in [4.69, 9.17) is 11.6 Å². The van der Waals surface area contributed by atoms with E-state index < -0.39 is 0 Å². The summed E-state index contributed by atoms with van der Waals surface area (Å²) >= 11 is 6.46. The highest BCUT2D eigenvalue weighted by molar-refractivity contribution is 6.33. The summed E-state index contributed by atoms with van der Waals surface area (Å²) in [6.07, 6.45) is 7.30. The van der Waals surface area contributed by atoms with Gasteiger partial charge in [-0.15, -0.1) is 0 Å². The molecular formula is C22H24ClN5O. The van der Waals surface area contributed by atoms with Crippen molar-refractivity contribution in [2.24, 2.45) is 0 Å². The zero-order chi connectivity index (χ0) is 20.1. The Labute approximate surface area is 175 Å². The molecule has 2 aromatic carbocycles. The van der Waals surface area contributed by atoms with Crippen LogP contribution in [-0.4, -0.2) is 28.9 Å². The Morgan fingerprint density at radius 3 is 2.55 bits per heavy atom. The maximum atomic E-state index is 12.2. The van der Waals surface area contributed by atoms with Gasteiger partial charge >= 0.3 is 6.03 Å². The Kier molecular flexibility index (Phi) is 6.00. The van der Waals surface area contributed by atoms with E-state index in [0.717, 1.165) is 30.0 Å². The van der Waals surface area contributed by atoms with Crippen LogP contribution in [-0.2, 0) is 6.54 Å². The minimum Gasteiger partial charge on any atom is -0.370 e. The topological polar surface area (TPSA) is 62.2 Å². The molecule has 1 aliphatic heterocycles. The first-order valence-corrected chi connectivity index (χ1v) is 10.3. The normalized spacial score (nSPS) is 13.9. The van der Waals surface area contributed by atoms with Gasteiger partial charge in [0.25, 0.3) is 0 Å². The number of aromatic nitrogens is 2. The molecule has 4 rings (SSSR count). The predicted octanol–water partition coefficient (Wildman–Crippen LogP) is 4.84. The summed E-state index contributed by atoms with van der Waals surface area (Å²) in [5.74, 6) is 0. The van der Waals surface area contributed by atoms with E-state index in [0.29, 0.717) is 17.3 Å². The Morgan fingerprint density at radius 2 is 1.86 bits per heavy atom. The molecule has 0 bridgehead atoms. The number of nitrogens with zero attached hydrogens (tertiary/aromatic N) is 3. The van der Waals surface area contributed by atoms with Crippen molar-refractivity contribution in [3.63, 3.8) is 0 Å². The fraction of sp³-hybridized carbons (Fsp3) is 0.273. The van der Waals surface area contributed by atoms with E-state index in [2.05, 4.69) is 20.6 Å². The first-order valence-electron chi connectivity index (χ1n) is 9.87. The third kappa shape index (κ3) is 4.90. The molecule has 150 valence electrons. The van der Waals surface area contributed by atoms with Gasteiger partial charge in [-0.3, -0.25) is 0 Å². The number of carbonyl (C=O) groups excluding carboxylic acids is 1. The highest BCUT2D eigenvalue weighted by Gasteiger charge is 2.14. The molecule has 7 heteroatoms. The molecular weight excluding hydrogens is 386 g/mol. The molecule has 1 saturated heterocycles. The molecule has 29 heavy (non-hydrogen) atoms. The van der Waals surface area contributed by atoms with Crippen LogP contribution in [0.25, 0.3) is 5.69 Å². The van der Waals surface area contributed by atoms with E-state index in [1.54, 1.807) is 10.9 Å². The third-order valence-corrected chi connectivity index (χ3v) is 5.36. The predicted molar refractivity (Wildman–Crippen MR) is 117 cm³/mol. The number of rotatable bonds is 5. The number of nitrogens with one attached hydrogen (secondary N) is 2. The van der Waals surface area contributed by atoms with Crippen LogP contribution in [0.15, 0.2) is 60.9 Å². The summed E-state index contributed by atoms with van der Waals surface area (Å²) in [5.41, 5.74) is 3.71. The lowest BCUT2D eigenvalue weighted by atomic mass is 10.1.